The maximum atomic E-state index is 13.5. The van der Waals surface area contributed by atoms with E-state index >= 15 is 0 Å². The number of hydrogen-bond acceptors (Lipinski definition) is 6. The number of hydrogen-bond donors (Lipinski definition) is 1. The molecule has 33 heavy (non-hydrogen) atoms. The third kappa shape index (κ3) is 5.13. The van der Waals surface area contributed by atoms with Crippen LogP contribution < -0.4 is 4.74 Å². The van der Waals surface area contributed by atoms with Gasteiger partial charge in [0.2, 0.25) is 5.91 Å². The minimum atomic E-state index is -0.927. The summed E-state index contributed by atoms with van der Waals surface area (Å²) in [4.78, 5) is 21.9. The van der Waals surface area contributed by atoms with E-state index in [2.05, 4.69) is 16.0 Å². The Morgan fingerprint density at radius 2 is 2.06 bits per heavy atom. The molecule has 1 saturated heterocycles. The highest BCUT2D eigenvalue weighted by molar-refractivity contribution is 5.77. The van der Waals surface area contributed by atoms with Gasteiger partial charge in [-0.1, -0.05) is 6.07 Å². The highest BCUT2D eigenvalue weighted by Gasteiger charge is 2.27. The number of nitrogens with zero attached hydrogens (tertiary/aromatic N) is 4. The van der Waals surface area contributed by atoms with Crippen LogP contribution in [0.3, 0.4) is 0 Å². The van der Waals surface area contributed by atoms with Gasteiger partial charge in [0.15, 0.2) is 11.6 Å². The lowest BCUT2D eigenvalue weighted by Crippen LogP contribution is -2.32. The van der Waals surface area contributed by atoms with Crippen LogP contribution in [0, 0.1) is 23.0 Å². The number of aromatic nitrogens is 2. The first kappa shape index (κ1) is 22.3. The van der Waals surface area contributed by atoms with Crippen LogP contribution in [0.5, 0.6) is 5.75 Å². The smallest absolute Gasteiger partial charge is 0.248 e. The van der Waals surface area contributed by atoms with Gasteiger partial charge in [0.25, 0.3) is 0 Å². The molecule has 0 saturated carbocycles. The standard InChI is InChI=1S/C24H20F2N4O3/c25-19-3-1-15(9-20(19)26)10-23-28-7-5-21(29-23)16-2-4-22(17(11-16)12-27)33-18-6-8-30(13-18)24(32)14-31/h1-5,7,9,11,18,31H,6,8,10,13-14H2/t18-/m1/s1. The first-order valence-electron chi connectivity index (χ1n) is 10.3. The summed E-state index contributed by atoms with van der Waals surface area (Å²) < 4.78 is 32.6. The molecular formula is C24H20F2N4O3. The largest absolute Gasteiger partial charge is 0.487 e. The number of rotatable bonds is 6. The third-order valence-electron chi connectivity index (χ3n) is 5.37. The van der Waals surface area contributed by atoms with E-state index in [-0.39, 0.29) is 18.4 Å². The van der Waals surface area contributed by atoms with Crippen molar-refractivity contribution >= 4 is 5.91 Å². The number of ether oxygens (including phenoxy) is 1. The van der Waals surface area contributed by atoms with Gasteiger partial charge in [-0.3, -0.25) is 4.79 Å². The Bertz CT molecular complexity index is 1230. The molecule has 0 spiro atoms. The second kappa shape index (κ2) is 9.71. The van der Waals surface area contributed by atoms with Crippen molar-refractivity contribution in [3.05, 3.63) is 77.2 Å². The van der Waals surface area contributed by atoms with E-state index < -0.39 is 18.2 Å². The van der Waals surface area contributed by atoms with Crippen molar-refractivity contribution in [3.8, 4) is 23.1 Å². The molecule has 1 aromatic heterocycles. The summed E-state index contributed by atoms with van der Waals surface area (Å²) in [6.07, 6.45) is 2.14. The van der Waals surface area contributed by atoms with Crippen LogP contribution >= 0.6 is 0 Å². The maximum absolute atomic E-state index is 13.5. The number of benzene rings is 2. The molecule has 0 unspecified atom stereocenters. The van der Waals surface area contributed by atoms with Crippen molar-refractivity contribution in [1.29, 1.82) is 5.26 Å². The fourth-order valence-electron chi connectivity index (χ4n) is 3.69. The topological polar surface area (TPSA) is 99.3 Å². The van der Waals surface area contributed by atoms with Crippen LogP contribution in [0.4, 0.5) is 8.78 Å². The van der Waals surface area contributed by atoms with Crippen molar-refractivity contribution < 1.29 is 23.4 Å². The monoisotopic (exact) mass is 450 g/mol. The zero-order valence-electron chi connectivity index (χ0n) is 17.5. The van der Waals surface area contributed by atoms with Crippen molar-refractivity contribution in [2.75, 3.05) is 19.7 Å². The molecule has 0 radical (unpaired) electrons. The van der Waals surface area contributed by atoms with Crippen molar-refractivity contribution in [3.63, 3.8) is 0 Å². The van der Waals surface area contributed by atoms with E-state index in [0.717, 1.165) is 12.1 Å². The third-order valence-corrected chi connectivity index (χ3v) is 5.37. The van der Waals surface area contributed by atoms with E-state index in [1.807, 2.05) is 0 Å². The number of aliphatic hydroxyl groups excluding tert-OH is 1. The van der Waals surface area contributed by atoms with Crippen LogP contribution in [0.25, 0.3) is 11.3 Å². The fourth-order valence-corrected chi connectivity index (χ4v) is 3.69. The molecular weight excluding hydrogens is 430 g/mol. The Labute approximate surface area is 188 Å². The average Bonchev–Trinajstić information content (AvgIpc) is 3.30. The summed E-state index contributed by atoms with van der Waals surface area (Å²) in [5, 5.41) is 18.6. The molecule has 7 nitrogen and oxygen atoms in total. The molecule has 2 aromatic carbocycles. The molecule has 1 amide bonds. The summed E-state index contributed by atoms with van der Waals surface area (Å²) in [6.45, 7) is 0.304. The first-order valence-corrected chi connectivity index (χ1v) is 10.3. The minimum absolute atomic E-state index is 0.224. The predicted octanol–water partition coefficient (Wildman–Crippen LogP) is 2.86. The Morgan fingerprint density at radius 1 is 1.21 bits per heavy atom. The lowest BCUT2D eigenvalue weighted by Gasteiger charge is -2.17. The second-order valence-electron chi connectivity index (χ2n) is 7.63. The van der Waals surface area contributed by atoms with Crippen LogP contribution in [-0.4, -0.2) is 51.7 Å². The van der Waals surface area contributed by atoms with Crippen LogP contribution in [-0.2, 0) is 11.2 Å². The van der Waals surface area contributed by atoms with Gasteiger partial charge in [-0.15, -0.1) is 0 Å². The van der Waals surface area contributed by atoms with E-state index in [0.29, 0.717) is 53.5 Å². The van der Waals surface area contributed by atoms with Crippen molar-refractivity contribution in [1.82, 2.24) is 14.9 Å². The molecule has 1 fully saturated rings. The van der Waals surface area contributed by atoms with E-state index in [1.54, 1.807) is 30.5 Å². The second-order valence-corrected chi connectivity index (χ2v) is 7.63. The number of nitriles is 1. The summed E-state index contributed by atoms with van der Waals surface area (Å²) in [5.74, 6) is -1.36. The highest BCUT2D eigenvalue weighted by Crippen LogP contribution is 2.28. The number of carbonyl (C=O) groups excluding carboxylic acids is 1. The molecule has 2 heterocycles. The molecule has 4 rings (SSSR count). The quantitative estimate of drug-likeness (QED) is 0.620. The number of halogens is 2. The highest BCUT2D eigenvalue weighted by atomic mass is 19.2. The summed E-state index contributed by atoms with van der Waals surface area (Å²) >= 11 is 0. The van der Waals surface area contributed by atoms with Crippen molar-refractivity contribution in [2.45, 2.75) is 18.9 Å². The van der Waals surface area contributed by atoms with Gasteiger partial charge in [-0.2, -0.15) is 5.26 Å². The number of likely N-dealkylation sites (tertiary alicyclic amines) is 1. The average molecular weight is 450 g/mol. The minimum Gasteiger partial charge on any atom is -0.487 e. The molecule has 9 heteroatoms. The zero-order valence-corrected chi connectivity index (χ0v) is 17.5. The summed E-state index contributed by atoms with van der Waals surface area (Å²) in [7, 11) is 0. The molecule has 1 aliphatic heterocycles. The SMILES string of the molecule is N#Cc1cc(-c2ccnc(Cc3ccc(F)c(F)c3)n2)ccc1O[C@@H]1CCN(C(=O)CO)C1. The Kier molecular flexibility index (Phi) is 6.56. The number of amides is 1. The van der Waals surface area contributed by atoms with E-state index in [1.165, 1.54) is 11.0 Å². The zero-order chi connectivity index (χ0) is 23.4. The molecule has 1 atom stereocenters. The number of carbonyl (C=O) groups is 1. The van der Waals surface area contributed by atoms with Gasteiger partial charge in [0.05, 0.1) is 17.8 Å². The van der Waals surface area contributed by atoms with Gasteiger partial charge < -0.3 is 14.7 Å². The molecule has 1 aliphatic rings. The Morgan fingerprint density at radius 3 is 2.82 bits per heavy atom. The molecule has 0 bridgehead atoms. The van der Waals surface area contributed by atoms with Crippen molar-refractivity contribution in [2.24, 2.45) is 0 Å². The first-order chi connectivity index (χ1) is 16.0. The molecule has 168 valence electrons. The number of aliphatic hydroxyl groups is 1. The maximum Gasteiger partial charge on any atom is 0.248 e. The molecule has 0 aliphatic carbocycles. The molecule has 1 N–H and O–H groups in total. The Balaban J connectivity index is 1.51. The van der Waals surface area contributed by atoms with Gasteiger partial charge >= 0.3 is 0 Å². The van der Waals surface area contributed by atoms with Crippen LogP contribution in [0.1, 0.15) is 23.4 Å². The normalized spacial score (nSPS) is 15.3. The van der Waals surface area contributed by atoms with Crippen LogP contribution in [0.2, 0.25) is 0 Å². The summed E-state index contributed by atoms with van der Waals surface area (Å²) in [6, 6.07) is 12.6. The lowest BCUT2D eigenvalue weighted by atomic mass is 10.1. The summed E-state index contributed by atoms with van der Waals surface area (Å²) in [5.41, 5.74) is 2.11. The lowest BCUT2D eigenvalue weighted by molar-refractivity contribution is -0.133. The molecule has 3 aromatic rings. The van der Waals surface area contributed by atoms with Gasteiger partial charge in [-0.05, 0) is 42.0 Å². The fraction of sp³-hybridized carbons (Fsp3) is 0.250. The van der Waals surface area contributed by atoms with E-state index in [9.17, 15) is 18.8 Å². The van der Waals surface area contributed by atoms with Crippen LogP contribution in [0.15, 0.2) is 48.7 Å². The predicted molar refractivity (Wildman–Crippen MR) is 114 cm³/mol. The Hall–Kier alpha value is -3.90. The van der Waals surface area contributed by atoms with Gasteiger partial charge in [0.1, 0.15) is 30.4 Å². The van der Waals surface area contributed by atoms with Gasteiger partial charge in [0, 0.05) is 31.1 Å². The van der Waals surface area contributed by atoms with E-state index in [4.69, 9.17) is 9.84 Å². The van der Waals surface area contributed by atoms with Gasteiger partial charge in [-0.25, -0.2) is 18.7 Å².